The van der Waals surface area contributed by atoms with Gasteiger partial charge in [0.25, 0.3) is 5.91 Å². The van der Waals surface area contributed by atoms with Crippen molar-refractivity contribution in [1.82, 2.24) is 9.78 Å². The summed E-state index contributed by atoms with van der Waals surface area (Å²) in [6, 6.07) is 13.9. The van der Waals surface area contributed by atoms with Crippen LogP contribution < -0.4 is 10.1 Å². The highest BCUT2D eigenvalue weighted by Gasteiger charge is 2.22. The van der Waals surface area contributed by atoms with E-state index in [9.17, 15) is 4.79 Å². The fraction of sp³-hybridized carbons (Fsp3) is 0.263. The fourth-order valence-corrected chi connectivity index (χ4v) is 2.70. The van der Waals surface area contributed by atoms with Gasteiger partial charge in [0.1, 0.15) is 5.75 Å². The van der Waals surface area contributed by atoms with Crippen LogP contribution in [0.4, 0.5) is 5.69 Å². The molecule has 0 unspecified atom stereocenters. The second kappa shape index (κ2) is 6.35. The van der Waals surface area contributed by atoms with E-state index in [-0.39, 0.29) is 12.5 Å². The highest BCUT2D eigenvalue weighted by Crippen LogP contribution is 2.30. The first kappa shape index (κ1) is 14.8. The summed E-state index contributed by atoms with van der Waals surface area (Å²) in [6.45, 7) is 0.912. The lowest BCUT2D eigenvalue weighted by atomic mass is 10.1. The highest BCUT2D eigenvalue weighted by molar-refractivity contribution is 5.91. The molecule has 2 aromatic carbocycles. The molecule has 0 spiro atoms. The minimum absolute atomic E-state index is 0.0217. The zero-order valence-corrected chi connectivity index (χ0v) is 13.3. The van der Waals surface area contributed by atoms with Gasteiger partial charge in [0, 0.05) is 12.7 Å². The van der Waals surface area contributed by atoms with Crippen molar-refractivity contribution >= 4 is 22.4 Å². The van der Waals surface area contributed by atoms with Crippen molar-refractivity contribution in [1.29, 1.82) is 0 Å². The Morgan fingerprint density at radius 2 is 2.04 bits per heavy atom. The lowest BCUT2D eigenvalue weighted by Gasteiger charge is -2.07. The van der Waals surface area contributed by atoms with Crippen LogP contribution in [0.5, 0.6) is 5.75 Å². The Balaban J connectivity index is 1.32. The molecule has 1 aliphatic rings. The van der Waals surface area contributed by atoms with E-state index in [1.165, 1.54) is 12.8 Å². The largest absolute Gasteiger partial charge is 0.484 e. The molecular weight excluding hydrogens is 302 g/mol. The highest BCUT2D eigenvalue weighted by atomic mass is 16.5. The van der Waals surface area contributed by atoms with Gasteiger partial charge in [0.15, 0.2) is 6.61 Å². The van der Waals surface area contributed by atoms with Gasteiger partial charge in [0.05, 0.1) is 11.9 Å². The van der Waals surface area contributed by atoms with Crippen LogP contribution in [0.25, 0.3) is 10.8 Å². The molecular formula is C19H19N3O2. The molecule has 1 N–H and O–H groups in total. The van der Waals surface area contributed by atoms with Crippen molar-refractivity contribution in [2.24, 2.45) is 5.92 Å². The standard InChI is InChI=1S/C19H19N3O2/c23-19(21-17-10-20-22(12-17)11-14-5-6-14)13-24-18-8-7-15-3-1-2-4-16(15)9-18/h1-4,7-10,12,14H,5-6,11,13H2,(H,21,23). The number of ether oxygens (including phenoxy) is 1. The number of aromatic nitrogens is 2. The Morgan fingerprint density at radius 3 is 2.88 bits per heavy atom. The van der Waals surface area contributed by atoms with Crippen LogP contribution in [0.2, 0.25) is 0 Å². The van der Waals surface area contributed by atoms with E-state index in [1.807, 2.05) is 53.3 Å². The number of amides is 1. The topological polar surface area (TPSA) is 56.1 Å². The fourth-order valence-electron chi connectivity index (χ4n) is 2.70. The third-order valence-corrected chi connectivity index (χ3v) is 4.15. The van der Waals surface area contributed by atoms with Gasteiger partial charge in [-0.15, -0.1) is 0 Å². The van der Waals surface area contributed by atoms with E-state index >= 15 is 0 Å². The van der Waals surface area contributed by atoms with Gasteiger partial charge in [0.2, 0.25) is 0 Å². The Hall–Kier alpha value is -2.82. The third-order valence-electron chi connectivity index (χ3n) is 4.15. The molecule has 4 rings (SSSR count). The second-order valence-electron chi connectivity index (χ2n) is 6.24. The van der Waals surface area contributed by atoms with Crippen molar-refractivity contribution in [2.45, 2.75) is 19.4 Å². The summed E-state index contributed by atoms with van der Waals surface area (Å²) < 4.78 is 7.48. The van der Waals surface area contributed by atoms with E-state index in [2.05, 4.69) is 10.4 Å². The van der Waals surface area contributed by atoms with E-state index in [4.69, 9.17) is 4.74 Å². The maximum absolute atomic E-state index is 12.0. The molecule has 3 aromatic rings. The Bertz CT molecular complexity index is 868. The molecule has 1 saturated carbocycles. The summed E-state index contributed by atoms with van der Waals surface area (Å²) in [7, 11) is 0. The monoisotopic (exact) mass is 321 g/mol. The minimum Gasteiger partial charge on any atom is -0.484 e. The lowest BCUT2D eigenvalue weighted by Crippen LogP contribution is -2.19. The molecule has 5 heteroatoms. The summed E-state index contributed by atoms with van der Waals surface area (Å²) in [4.78, 5) is 12.0. The number of anilines is 1. The second-order valence-corrected chi connectivity index (χ2v) is 6.24. The summed E-state index contributed by atoms with van der Waals surface area (Å²) >= 11 is 0. The molecule has 122 valence electrons. The lowest BCUT2D eigenvalue weighted by molar-refractivity contribution is -0.118. The van der Waals surface area contributed by atoms with E-state index in [0.717, 1.165) is 23.2 Å². The molecule has 0 atom stereocenters. The third kappa shape index (κ3) is 3.56. The zero-order valence-electron chi connectivity index (χ0n) is 13.3. The maximum atomic E-state index is 12.0. The molecule has 0 radical (unpaired) electrons. The smallest absolute Gasteiger partial charge is 0.262 e. The predicted octanol–water partition coefficient (Wildman–Crippen LogP) is 3.46. The number of rotatable bonds is 6. The SMILES string of the molecule is O=C(COc1ccc2ccccc2c1)Nc1cnn(CC2CC2)c1. The van der Waals surface area contributed by atoms with Crippen LogP contribution >= 0.6 is 0 Å². The van der Waals surface area contributed by atoms with Crippen LogP contribution in [0.3, 0.4) is 0 Å². The molecule has 5 nitrogen and oxygen atoms in total. The Labute approximate surface area is 140 Å². The van der Waals surface area contributed by atoms with Crippen LogP contribution in [0.15, 0.2) is 54.9 Å². The zero-order chi connectivity index (χ0) is 16.4. The normalized spacial score (nSPS) is 13.8. The van der Waals surface area contributed by atoms with Gasteiger partial charge in [-0.25, -0.2) is 0 Å². The summed E-state index contributed by atoms with van der Waals surface area (Å²) in [5.74, 6) is 1.26. The summed E-state index contributed by atoms with van der Waals surface area (Å²) in [6.07, 6.45) is 6.10. The predicted molar refractivity (Wildman–Crippen MR) is 93.0 cm³/mol. The van der Waals surface area contributed by atoms with Crippen molar-refractivity contribution in [3.8, 4) is 5.75 Å². The van der Waals surface area contributed by atoms with Crippen molar-refractivity contribution < 1.29 is 9.53 Å². The van der Waals surface area contributed by atoms with E-state index in [1.54, 1.807) is 6.20 Å². The summed E-state index contributed by atoms with van der Waals surface area (Å²) in [5, 5.41) is 9.32. The van der Waals surface area contributed by atoms with Gasteiger partial charge >= 0.3 is 0 Å². The molecule has 0 aliphatic heterocycles. The molecule has 0 saturated heterocycles. The Morgan fingerprint density at radius 1 is 1.21 bits per heavy atom. The van der Waals surface area contributed by atoms with Gasteiger partial charge in [-0.05, 0) is 41.7 Å². The van der Waals surface area contributed by atoms with E-state index < -0.39 is 0 Å². The summed E-state index contributed by atoms with van der Waals surface area (Å²) in [5.41, 5.74) is 0.711. The average molecular weight is 321 g/mol. The van der Waals surface area contributed by atoms with Crippen molar-refractivity contribution in [2.75, 3.05) is 11.9 Å². The molecule has 1 aromatic heterocycles. The van der Waals surface area contributed by atoms with Gasteiger partial charge in [-0.3, -0.25) is 9.48 Å². The van der Waals surface area contributed by atoms with Crippen LogP contribution in [-0.4, -0.2) is 22.3 Å². The van der Waals surface area contributed by atoms with Crippen LogP contribution in [0, 0.1) is 5.92 Å². The molecule has 1 fully saturated rings. The number of hydrogen-bond donors (Lipinski definition) is 1. The van der Waals surface area contributed by atoms with E-state index in [0.29, 0.717) is 11.4 Å². The maximum Gasteiger partial charge on any atom is 0.262 e. The quantitative estimate of drug-likeness (QED) is 0.756. The van der Waals surface area contributed by atoms with Crippen LogP contribution in [-0.2, 0) is 11.3 Å². The minimum atomic E-state index is -0.186. The number of hydrogen-bond acceptors (Lipinski definition) is 3. The number of carbonyl (C=O) groups excluding carboxylic acids is 1. The molecule has 24 heavy (non-hydrogen) atoms. The number of fused-ring (bicyclic) bond motifs is 1. The van der Waals surface area contributed by atoms with Gasteiger partial charge in [-0.1, -0.05) is 30.3 Å². The average Bonchev–Trinajstić information content (AvgIpc) is 3.31. The molecule has 0 bridgehead atoms. The van der Waals surface area contributed by atoms with Crippen molar-refractivity contribution in [3.05, 3.63) is 54.9 Å². The number of nitrogens with one attached hydrogen (secondary N) is 1. The molecule has 1 heterocycles. The number of nitrogens with zero attached hydrogens (tertiary/aromatic N) is 2. The van der Waals surface area contributed by atoms with Crippen LogP contribution in [0.1, 0.15) is 12.8 Å². The first-order chi connectivity index (χ1) is 11.8. The van der Waals surface area contributed by atoms with Crippen molar-refractivity contribution in [3.63, 3.8) is 0 Å². The molecule has 1 amide bonds. The van der Waals surface area contributed by atoms with Gasteiger partial charge in [-0.2, -0.15) is 5.10 Å². The number of carbonyl (C=O) groups is 1. The first-order valence-electron chi connectivity index (χ1n) is 8.20. The molecule has 1 aliphatic carbocycles. The van der Waals surface area contributed by atoms with Gasteiger partial charge < -0.3 is 10.1 Å². The number of benzene rings is 2. The first-order valence-corrected chi connectivity index (χ1v) is 8.20. The Kier molecular flexibility index (Phi) is 3.91.